The van der Waals surface area contributed by atoms with Gasteiger partial charge in [0.1, 0.15) is 11.1 Å². The van der Waals surface area contributed by atoms with Crippen molar-refractivity contribution in [3.63, 3.8) is 0 Å². The van der Waals surface area contributed by atoms with Crippen LogP contribution in [-0.2, 0) is 11.2 Å². The number of amides is 2. The van der Waals surface area contributed by atoms with Gasteiger partial charge in [-0.2, -0.15) is 5.10 Å². The molecule has 0 radical (unpaired) electrons. The van der Waals surface area contributed by atoms with Gasteiger partial charge in [0.05, 0.1) is 19.7 Å². The summed E-state index contributed by atoms with van der Waals surface area (Å²) in [7, 11) is 1.57. The number of nitrogens with one attached hydrogen (secondary N) is 2. The molecule has 194 valence electrons. The zero-order chi connectivity index (χ0) is 26.9. The van der Waals surface area contributed by atoms with Crippen molar-refractivity contribution in [1.82, 2.24) is 15.6 Å². The van der Waals surface area contributed by atoms with Gasteiger partial charge in [0.25, 0.3) is 5.91 Å². The first kappa shape index (κ1) is 26.5. The van der Waals surface area contributed by atoms with Crippen LogP contribution in [0.15, 0.2) is 77.9 Å². The van der Waals surface area contributed by atoms with Crippen LogP contribution in [0.5, 0.6) is 11.5 Å². The average molecular weight is 530 g/mol. The van der Waals surface area contributed by atoms with E-state index in [1.54, 1.807) is 31.4 Å². The van der Waals surface area contributed by atoms with E-state index in [4.69, 9.17) is 9.47 Å². The van der Waals surface area contributed by atoms with Crippen LogP contribution in [-0.4, -0.2) is 35.3 Å². The van der Waals surface area contributed by atoms with Crippen LogP contribution < -0.4 is 20.2 Å². The van der Waals surface area contributed by atoms with E-state index in [2.05, 4.69) is 26.0 Å². The van der Waals surface area contributed by atoms with E-state index < -0.39 is 0 Å². The minimum atomic E-state index is -0.363. The molecule has 10 heteroatoms. The van der Waals surface area contributed by atoms with Crippen molar-refractivity contribution in [3.05, 3.63) is 100 Å². The minimum absolute atomic E-state index is 0.0251. The Morgan fingerprint density at radius 3 is 2.55 bits per heavy atom. The molecule has 0 fully saturated rings. The fourth-order valence-corrected chi connectivity index (χ4v) is 4.30. The number of anilines is 1. The molecule has 38 heavy (non-hydrogen) atoms. The van der Waals surface area contributed by atoms with Gasteiger partial charge >= 0.3 is 0 Å². The number of aromatic nitrogens is 2. The molecule has 1 heterocycles. The highest BCUT2D eigenvalue weighted by molar-refractivity contribution is 7.15. The molecule has 0 aliphatic carbocycles. The molecule has 9 nitrogen and oxygen atoms in total. The topological polar surface area (TPSA) is 115 Å². The van der Waals surface area contributed by atoms with E-state index in [1.807, 2.05) is 62.4 Å². The lowest BCUT2D eigenvalue weighted by molar-refractivity contribution is -0.120. The number of carbonyl (C=O) groups excluding carboxylic acids is 2. The third-order valence-corrected chi connectivity index (χ3v) is 6.39. The summed E-state index contributed by atoms with van der Waals surface area (Å²) in [6.07, 6.45) is 1.34. The Morgan fingerprint density at radius 1 is 1.03 bits per heavy atom. The van der Waals surface area contributed by atoms with Gasteiger partial charge in [0.15, 0.2) is 11.5 Å². The molecule has 3 aromatic carbocycles. The Hall–Kier alpha value is -4.57. The largest absolute Gasteiger partial charge is 0.493 e. The number of ether oxygens (including phenoxy) is 2. The first-order valence-electron chi connectivity index (χ1n) is 11.8. The number of benzene rings is 3. The maximum absolute atomic E-state index is 12.4. The van der Waals surface area contributed by atoms with Gasteiger partial charge in [-0.25, -0.2) is 5.43 Å². The molecule has 0 spiro atoms. The van der Waals surface area contributed by atoms with Crippen LogP contribution >= 0.6 is 11.3 Å². The molecular weight excluding hydrogens is 502 g/mol. The molecule has 0 saturated carbocycles. The van der Waals surface area contributed by atoms with Crippen molar-refractivity contribution in [2.45, 2.75) is 26.4 Å². The fraction of sp³-hybridized carbons (Fsp3) is 0.179. The number of rotatable bonds is 10. The van der Waals surface area contributed by atoms with Crippen molar-refractivity contribution < 1.29 is 19.1 Å². The normalized spacial score (nSPS) is 11.7. The van der Waals surface area contributed by atoms with Crippen molar-refractivity contribution in [1.29, 1.82) is 0 Å². The van der Waals surface area contributed by atoms with Gasteiger partial charge in [-0.15, -0.1) is 10.2 Å². The lowest BCUT2D eigenvalue weighted by Gasteiger charge is -2.17. The number of carbonyl (C=O) groups is 2. The summed E-state index contributed by atoms with van der Waals surface area (Å²) >= 11 is 1.13. The van der Waals surface area contributed by atoms with Crippen LogP contribution in [0.4, 0.5) is 5.13 Å². The van der Waals surface area contributed by atoms with E-state index in [-0.39, 0.29) is 24.3 Å². The van der Waals surface area contributed by atoms with Crippen LogP contribution in [0.25, 0.3) is 0 Å². The molecule has 0 aliphatic heterocycles. The molecule has 4 rings (SSSR count). The highest BCUT2D eigenvalue weighted by Gasteiger charge is 2.14. The summed E-state index contributed by atoms with van der Waals surface area (Å²) in [4.78, 5) is 24.8. The molecule has 2 amide bonds. The van der Waals surface area contributed by atoms with E-state index in [1.165, 1.54) is 6.21 Å². The second kappa shape index (κ2) is 12.6. The van der Waals surface area contributed by atoms with Crippen molar-refractivity contribution >= 4 is 34.5 Å². The first-order valence-corrected chi connectivity index (χ1v) is 12.7. The average Bonchev–Trinajstić information content (AvgIpc) is 3.36. The summed E-state index contributed by atoms with van der Waals surface area (Å²) < 4.78 is 11.5. The molecule has 0 bridgehead atoms. The number of nitrogens with zero attached hydrogens (tertiary/aromatic N) is 3. The monoisotopic (exact) mass is 529 g/mol. The van der Waals surface area contributed by atoms with E-state index in [0.717, 1.165) is 28.0 Å². The lowest BCUT2D eigenvalue weighted by Crippen LogP contribution is -2.19. The zero-order valence-electron chi connectivity index (χ0n) is 21.2. The Balaban J connectivity index is 1.30. The van der Waals surface area contributed by atoms with E-state index in [9.17, 15) is 9.59 Å². The van der Waals surface area contributed by atoms with Gasteiger partial charge in [-0.3, -0.25) is 14.9 Å². The third kappa shape index (κ3) is 7.01. The van der Waals surface area contributed by atoms with Crippen LogP contribution in [0, 0.1) is 6.92 Å². The maximum atomic E-state index is 12.4. The van der Waals surface area contributed by atoms with Gasteiger partial charge < -0.3 is 9.47 Å². The van der Waals surface area contributed by atoms with Gasteiger partial charge in [-0.05, 0) is 54.8 Å². The Morgan fingerprint density at radius 2 is 1.79 bits per heavy atom. The van der Waals surface area contributed by atoms with Gasteiger partial charge in [-0.1, -0.05) is 59.9 Å². The summed E-state index contributed by atoms with van der Waals surface area (Å²) in [6.45, 7) is 3.83. The number of hydrogen-bond acceptors (Lipinski definition) is 8. The number of hydrogen-bond donors (Lipinski definition) is 2. The second-order valence-corrected chi connectivity index (χ2v) is 9.38. The molecule has 1 aromatic heterocycles. The van der Waals surface area contributed by atoms with Crippen molar-refractivity contribution in [2.75, 3.05) is 12.4 Å². The molecule has 0 unspecified atom stereocenters. The predicted molar refractivity (Wildman–Crippen MR) is 147 cm³/mol. The minimum Gasteiger partial charge on any atom is -0.493 e. The SMILES string of the molecule is COc1cc(/C=N/NC(=O)Cc2nnc(NC(=O)c3ccccc3C)s2)ccc1O[C@H](C)c1ccccc1. The molecule has 2 N–H and O–H groups in total. The Kier molecular flexibility index (Phi) is 8.78. The highest BCUT2D eigenvalue weighted by Crippen LogP contribution is 2.31. The number of aryl methyl sites for hydroxylation is 1. The van der Waals surface area contributed by atoms with Crippen LogP contribution in [0.1, 0.15) is 45.1 Å². The highest BCUT2D eigenvalue weighted by atomic mass is 32.1. The summed E-state index contributed by atoms with van der Waals surface area (Å²) in [6, 6.07) is 22.6. The second-order valence-electron chi connectivity index (χ2n) is 8.32. The third-order valence-electron chi connectivity index (χ3n) is 5.55. The van der Waals surface area contributed by atoms with E-state index in [0.29, 0.717) is 27.2 Å². The summed E-state index contributed by atoms with van der Waals surface area (Å²) in [5, 5.41) is 15.4. The summed E-state index contributed by atoms with van der Waals surface area (Å²) in [5.41, 5.74) is 5.66. The Bertz CT molecular complexity index is 1440. The molecular formula is C28H27N5O4S. The zero-order valence-corrected chi connectivity index (χ0v) is 22.0. The molecule has 4 aromatic rings. The molecule has 1 atom stereocenters. The standard InChI is InChI=1S/C28H27N5O4S/c1-18-9-7-8-12-22(18)27(35)30-28-33-32-26(38-28)16-25(34)31-29-17-20-13-14-23(24(15-20)36-3)37-19(2)21-10-5-4-6-11-21/h4-15,17,19H,16H2,1-3H3,(H,31,34)(H,30,33,35)/b29-17+/t19-/m1/s1. The van der Waals surface area contributed by atoms with Gasteiger partial charge in [0, 0.05) is 5.56 Å². The van der Waals surface area contributed by atoms with Crippen molar-refractivity contribution in [2.24, 2.45) is 5.10 Å². The van der Waals surface area contributed by atoms with E-state index >= 15 is 0 Å². The fourth-order valence-electron chi connectivity index (χ4n) is 3.57. The molecule has 0 aliphatic rings. The lowest BCUT2D eigenvalue weighted by atomic mass is 10.1. The van der Waals surface area contributed by atoms with Gasteiger partial charge in [0.2, 0.25) is 11.0 Å². The summed E-state index contributed by atoms with van der Waals surface area (Å²) in [5.74, 6) is 0.517. The molecule has 0 saturated heterocycles. The Labute approximate surface area is 224 Å². The number of hydrazone groups is 1. The number of methoxy groups -OCH3 is 1. The smallest absolute Gasteiger partial charge is 0.257 e. The maximum Gasteiger partial charge on any atom is 0.257 e. The van der Waals surface area contributed by atoms with Crippen LogP contribution in [0.2, 0.25) is 0 Å². The quantitative estimate of drug-likeness (QED) is 0.222. The van der Waals surface area contributed by atoms with Crippen LogP contribution in [0.3, 0.4) is 0 Å². The first-order chi connectivity index (χ1) is 18.4. The predicted octanol–water partition coefficient (Wildman–Crippen LogP) is 4.94. The van der Waals surface area contributed by atoms with Crippen molar-refractivity contribution in [3.8, 4) is 11.5 Å².